The van der Waals surface area contributed by atoms with Crippen molar-refractivity contribution in [3.8, 4) is 5.75 Å². The Hall–Kier alpha value is -3.35. The number of carbonyl (C=O) groups is 3. The number of amides is 1. The van der Waals surface area contributed by atoms with Crippen molar-refractivity contribution in [3.63, 3.8) is 0 Å². The van der Waals surface area contributed by atoms with Gasteiger partial charge in [-0.05, 0) is 48.7 Å². The van der Waals surface area contributed by atoms with Crippen molar-refractivity contribution in [1.82, 2.24) is 5.32 Å². The summed E-state index contributed by atoms with van der Waals surface area (Å²) in [6, 6.07) is 12.5. The van der Waals surface area contributed by atoms with Crippen LogP contribution in [-0.2, 0) is 25.6 Å². The van der Waals surface area contributed by atoms with Gasteiger partial charge in [-0.25, -0.2) is 4.79 Å². The largest absolute Gasteiger partial charge is 0.493 e. The van der Waals surface area contributed by atoms with Crippen LogP contribution in [0.2, 0.25) is 0 Å². The summed E-state index contributed by atoms with van der Waals surface area (Å²) in [7, 11) is 1.31. The lowest BCUT2D eigenvalue weighted by molar-refractivity contribution is -0.149. The van der Waals surface area contributed by atoms with Crippen molar-refractivity contribution in [3.05, 3.63) is 64.7 Å². The minimum atomic E-state index is -0.507. The lowest BCUT2D eigenvalue weighted by Crippen LogP contribution is -2.28. The number of esters is 2. The number of carbonyl (C=O) groups excluding carboxylic acids is 3. The summed E-state index contributed by atoms with van der Waals surface area (Å²) in [5.41, 5.74) is 3.30. The Bertz CT molecular complexity index is 860. The predicted octanol–water partition coefficient (Wildman–Crippen LogP) is 2.72. The molecule has 7 heteroatoms. The summed E-state index contributed by atoms with van der Waals surface area (Å²) in [6.07, 6.45) is 0.0512. The molecule has 0 heterocycles. The number of methoxy groups -OCH3 is 1. The lowest BCUT2D eigenvalue weighted by atomic mass is 10.1. The van der Waals surface area contributed by atoms with Crippen LogP contribution in [0.4, 0.5) is 0 Å². The Labute approximate surface area is 170 Å². The molecule has 0 saturated heterocycles. The standard InChI is InChI=1S/C22H25NO6/c1-15-4-5-16(2)19(12-15)28-11-10-21(25)29-14-20(24)23-13-17-6-8-18(9-7-17)22(26)27-3/h4-9,12H,10-11,13-14H2,1-3H3,(H,23,24). The van der Waals surface area contributed by atoms with Gasteiger partial charge in [0.05, 0.1) is 25.7 Å². The van der Waals surface area contributed by atoms with Crippen LogP contribution in [0.15, 0.2) is 42.5 Å². The van der Waals surface area contributed by atoms with Gasteiger partial charge >= 0.3 is 11.9 Å². The minimum absolute atomic E-state index is 0.0512. The number of hydrogen-bond acceptors (Lipinski definition) is 6. The van der Waals surface area contributed by atoms with Gasteiger partial charge in [0.1, 0.15) is 5.75 Å². The summed E-state index contributed by atoms with van der Waals surface area (Å²) in [5.74, 6) is -0.610. The second-order valence-corrected chi connectivity index (χ2v) is 6.49. The first-order valence-corrected chi connectivity index (χ1v) is 9.18. The van der Waals surface area contributed by atoms with Crippen molar-refractivity contribution in [1.29, 1.82) is 0 Å². The molecular formula is C22H25NO6. The third-order valence-electron chi connectivity index (χ3n) is 4.14. The molecule has 0 radical (unpaired) electrons. The lowest BCUT2D eigenvalue weighted by Gasteiger charge is -2.10. The van der Waals surface area contributed by atoms with Crippen LogP contribution in [-0.4, -0.2) is 38.2 Å². The number of nitrogens with one attached hydrogen (secondary N) is 1. The second-order valence-electron chi connectivity index (χ2n) is 6.49. The van der Waals surface area contributed by atoms with Gasteiger partial charge in [0.15, 0.2) is 6.61 Å². The average molecular weight is 399 g/mol. The molecule has 1 amide bonds. The number of aryl methyl sites for hydroxylation is 2. The van der Waals surface area contributed by atoms with Gasteiger partial charge in [0.25, 0.3) is 5.91 Å². The van der Waals surface area contributed by atoms with Crippen LogP contribution in [0.5, 0.6) is 5.75 Å². The first kappa shape index (κ1) is 21.9. The van der Waals surface area contributed by atoms with Gasteiger partial charge in [-0.1, -0.05) is 24.3 Å². The summed E-state index contributed by atoms with van der Waals surface area (Å²) in [6.45, 7) is 3.97. The SMILES string of the molecule is COC(=O)c1ccc(CNC(=O)COC(=O)CCOc2cc(C)ccc2C)cc1. The normalized spacial score (nSPS) is 10.2. The smallest absolute Gasteiger partial charge is 0.337 e. The molecule has 0 aliphatic rings. The average Bonchev–Trinajstić information content (AvgIpc) is 2.73. The van der Waals surface area contributed by atoms with E-state index < -0.39 is 17.8 Å². The molecule has 0 bridgehead atoms. The maximum absolute atomic E-state index is 11.8. The monoisotopic (exact) mass is 399 g/mol. The fourth-order valence-corrected chi connectivity index (χ4v) is 2.45. The molecule has 0 aliphatic carbocycles. The first-order valence-electron chi connectivity index (χ1n) is 9.18. The number of benzene rings is 2. The van der Waals surface area contributed by atoms with Gasteiger partial charge in [-0.15, -0.1) is 0 Å². The van der Waals surface area contributed by atoms with Gasteiger partial charge in [-0.2, -0.15) is 0 Å². The summed E-state index contributed by atoms with van der Waals surface area (Å²) in [4.78, 5) is 35.0. The van der Waals surface area contributed by atoms with Crippen LogP contribution in [0, 0.1) is 13.8 Å². The van der Waals surface area contributed by atoms with Crippen molar-refractivity contribution in [2.75, 3.05) is 20.3 Å². The molecule has 154 valence electrons. The maximum atomic E-state index is 11.8. The molecule has 2 aromatic rings. The van der Waals surface area contributed by atoms with Crippen LogP contribution in [0.3, 0.4) is 0 Å². The number of hydrogen-bond donors (Lipinski definition) is 1. The molecule has 0 fully saturated rings. The zero-order chi connectivity index (χ0) is 21.2. The van der Waals surface area contributed by atoms with Gasteiger partial charge in [-0.3, -0.25) is 9.59 Å². The number of ether oxygens (including phenoxy) is 3. The van der Waals surface area contributed by atoms with Crippen LogP contribution in [0.25, 0.3) is 0 Å². The van der Waals surface area contributed by atoms with Crippen LogP contribution in [0.1, 0.15) is 33.5 Å². The van der Waals surface area contributed by atoms with E-state index >= 15 is 0 Å². The molecule has 7 nitrogen and oxygen atoms in total. The summed E-state index contributed by atoms with van der Waals surface area (Å²) >= 11 is 0. The van der Waals surface area contributed by atoms with E-state index in [1.54, 1.807) is 24.3 Å². The number of rotatable bonds is 9. The highest BCUT2D eigenvalue weighted by molar-refractivity contribution is 5.89. The van der Waals surface area contributed by atoms with E-state index in [1.807, 2.05) is 32.0 Å². The highest BCUT2D eigenvalue weighted by Gasteiger charge is 2.09. The van der Waals surface area contributed by atoms with E-state index in [0.29, 0.717) is 5.56 Å². The molecule has 0 aliphatic heterocycles. The van der Waals surface area contributed by atoms with E-state index in [2.05, 4.69) is 10.1 Å². The molecule has 0 atom stereocenters. The maximum Gasteiger partial charge on any atom is 0.337 e. The van der Waals surface area contributed by atoms with Crippen molar-refractivity contribution in [2.24, 2.45) is 0 Å². The Morgan fingerprint density at radius 3 is 2.41 bits per heavy atom. The predicted molar refractivity (Wildman–Crippen MR) is 107 cm³/mol. The zero-order valence-electron chi connectivity index (χ0n) is 16.8. The molecule has 2 rings (SSSR count). The van der Waals surface area contributed by atoms with E-state index in [0.717, 1.165) is 22.4 Å². The third kappa shape index (κ3) is 7.29. The summed E-state index contributed by atoms with van der Waals surface area (Å²) < 4.78 is 15.2. The van der Waals surface area contributed by atoms with E-state index in [-0.39, 0.29) is 26.2 Å². The highest BCUT2D eigenvalue weighted by atomic mass is 16.5. The van der Waals surface area contributed by atoms with E-state index in [1.165, 1.54) is 7.11 Å². The Morgan fingerprint density at radius 1 is 1.00 bits per heavy atom. The van der Waals surface area contributed by atoms with Gasteiger partial charge in [0, 0.05) is 6.54 Å². The topological polar surface area (TPSA) is 90.9 Å². The summed E-state index contributed by atoms with van der Waals surface area (Å²) in [5, 5.41) is 2.65. The Kier molecular flexibility index (Phi) is 8.21. The fraction of sp³-hybridized carbons (Fsp3) is 0.318. The minimum Gasteiger partial charge on any atom is -0.493 e. The first-order chi connectivity index (χ1) is 13.9. The zero-order valence-corrected chi connectivity index (χ0v) is 16.8. The van der Waals surface area contributed by atoms with Crippen LogP contribution < -0.4 is 10.1 Å². The third-order valence-corrected chi connectivity index (χ3v) is 4.14. The van der Waals surface area contributed by atoms with E-state index in [9.17, 15) is 14.4 Å². The Morgan fingerprint density at radius 2 is 1.72 bits per heavy atom. The quantitative estimate of drug-likeness (QED) is 0.652. The van der Waals surface area contributed by atoms with Crippen molar-refractivity contribution < 1.29 is 28.6 Å². The molecule has 1 N–H and O–H groups in total. The highest BCUT2D eigenvalue weighted by Crippen LogP contribution is 2.19. The van der Waals surface area contributed by atoms with Gasteiger partial charge < -0.3 is 19.5 Å². The Balaban J connectivity index is 1.66. The molecular weight excluding hydrogens is 374 g/mol. The van der Waals surface area contributed by atoms with Gasteiger partial charge in [0.2, 0.25) is 0 Å². The van der Waals surface area contributed by atoms with E-state index in [4.69, 9.17) is 9.47 Å². The second kappa shape index (κ2) is 10.8. The molecule has 2 aromatic carbocycles. The molecule has 0 spiro atoms. The molecule has 29 heavy (non-hydrogen) atoms. The molecule has 0 saturated carbocycles. The molecule has 0 aromatic heterocycles. The molecule has 0 unspecified atom stereocenters. The fourth-order valence-electron chi connectivity index (χ4n) is 2.45. The van der Waals surface area contributed by atoms with Crippen molar-refractivity contribution >= 4 is 17.8 Å². The van der Waals surface area contributed by atoms with Crippen LogP contribution >= 0.6 is 0 Å². The van der Waals surface area contributed by atoms with Crippen molar-refractivity contribution in [2.45, 2.75) is 26.8 Å².